The number of aromatic nitrogens is 4. The van der Waals surface area contributed by atoms with Gasteiger partial charge in [-0.05, 0) is 35.4 Å². The second-order valence-corrected chi connectivity index (χ2v) is 10.8. The van der Waals surface area contributed by atoms with Crippen molar-refractivity contribution < 1.29 is 4.42 Å². The van der Waals surface area contributed by atoms with Gasteiger partial charge in [-0.25, -0.2) is 4.98 Å². The molecule has 44 heavy (non-hydrogen) atoms. The summed E-state index contributed by atoms with van der Waals surface area (Å²) in [7, 11) is 0. The molecule has 0 saturated heterocycles. The maximum absolute atomic E-state index is 6.61. The summed E-state index contributed by atoms with van der Waals surface area (Å²) in [5.41, 5.74) is 7.68. The van der Waals surface area contributed by atoms with Gasteiger partial charge in [0.25, 0.3) is 0 Å². The fraction of sp³-hybridized carbons (Fsp3) is 0. The molecular weight excluding hydrogens is 540 g/mol. The van der Waals surface area contributed by atoms with E-state index in [1.165, 1.54) is 0 Å². The Hall–Kier alpha value is -6.07. The summed E-state index contributed by atoms with van der Waals surface area (Å²) in [5.74, 6) is 1.72. The predicted molar refractivity (Wildman–Crippen MR) is 178 cm³/mol. The number of nitrogens with zero attached hydrogens (tertiary/aromatic N) is 4. The van der Waals surface area contributed by atoms with E-state index in [2.05, 4.69) is 95.6 Å². The fourth-order valence-electron chi connectivity index (χ4n) is 6.32. The van der Waals surface area contributed by atoms with E-state index in [0.29, 0.717) is 17.6 Å². The van der Waals surface area contributed by atoms with E-state index in [1.807, 2.05) is 54.6 Å². The molecule has 0 unspecified atom stereocenters. The second-order valence-electron chi connectivity index (χ2n) is 10.8. The number of rotatable bonds is 4. The van der Waals surface area contributed by atoms with Crippen LogP contribution in [0.25, 0.3) is 83.6 Å². The van der Waals surface area contributed by atoms with E-state index in [9.17, 15) is 0 Å². The standard InChI is InChI=1S/C39H24N4O/c1-3-13-25(14-4-1)27-19-12-24-34-35(27)30-20-11-21-31(36(30)44-34)38-40-37(26-15-5-2-6-16-26)41-39(42-38)43-32-22-9-7-17-28(32)29-18-8-10-23-33(29)43/h1-24H. The van der Waals surface area contributed by atoms with Crippen molar-refractivity contribution in [3.63, 3.8) is 0 Å². The Bertz CT molecular complexity index is 2440. The minimum absolute atomic E-state index is 0.557. The first-order valence-electron chi connectivity index (χ1n) is 14.6. The molecule has 3 heterocycles. The Balaban J connectivity index is 1.34. The Kier molecular flexibility index (Phi) is 5.43. The predicted octanol–water partition coefficient (Wildman–Crippen LogP) is 9.87. The summed E-state index contributed by atoms with van der Waals surface area (Å²) in [6, 6.07) is 49.7. The minimum Gasteiger partial charge on any atom is -0.455 e. The van der Waals surface area contributed by atoms with Crippen LogP contribution in [0.3, 0.4) is 0 Å². The van der Waals surface area contributed by atoms with Crippen molar-refractivity contribution in [1.29, 1.82) is 0 Å². The van der Waals surface area contributed by atoms with Gasteiger partial charge in [0.15, 0.2) is 11.6 Å². The average molecular weight is 565 g/mol. The SMILES string of the molecule is c1ccc(-c2nc(-c3cccc4c3oc3cccc(-c5ccccc5)c34)nc(-n3c4ccccc4c4ccccc43)n2)cc1. The zero-order chi connectivity index (χ0) is 29.0. The van der Waals surface area contributed by atoms with Gasteiger partial charge >= 0.3 is 0 Å². The van der Waals surface area contributed by atoms with Crippen molar-refractivity contribution in [2.45, 2.75) is 0 Å². The molecule has 0 spiro atoms. The molecule has 0 aliphatic rings. The summed E-state index contributed by atoms with van der Waals surface area (Å²) in [5, 5.41) is 4.41. The highest BCUT2D eigenvalue weighted by atomic mass is 16.3. The van der Waals surface area contributed by atoms with Gasteiger partial charge in [-0.3, -0.25) is 4.57 Å². The molecule has 0 atom stereocenters. The Morgan fingerprint density at radius 2 is 1.00 bits per heavy atom. The van der Waals surface area contributed by atoms with Crippen LogP contribution in [0.4, 0.5) is 0 Å². The number of furan rings is 1. The van der Waals surface area contributed by atoms with Gasteiger partial charge in [0, 0.05) is 27.1 Å². The normalized spacial score (nSPS) is 11.6. The molecule has 0 N–H and O–H groups in total. The van der Waals surface area contributed by atoms with Crippen molar-refractivity contribution >= 4 is 43.7 Å². The van der Waals surface area contributed by atoms with Gasteiger partial charge in [-0.15, -0.1) is 0 Å². The van der Waals surface area contributed by atoms with E-state index in [4.69, 9.17) is 19.4 Å². The minimum atomic E-state index is 0.557. The lowest BCUT2D eigenvalue weighted by Crippen LogP contribution is -2.06. The quantitative estimate of drug-likeness (QED) is 0.213. The highest BCUT2D eigenvalue weighted by Crippen LogP contribution is 2.40. The Labute approximate surface area is 252 Å². The second kappa shape index (κ2) is 9.75. The molecule has 0 radical (unpaired) electrons. The van der Waals surface area contributed by atoms with Gasteiger partial charge in [-0.1, -0.05) is 121 Å². The molecule has 6 aromatic carbocycles. The maximum Gasteiger partial charge on any atom is 0.238 e. The zero-order valence-electron chi connectivity index (χ0n) is 23.6. The van der Waals surface area contributed by atoms with Crippen LogP contribution in [0.1, 0.15) is 0 Å². The summed E-state index contributed by atoms with van der Waals surface area (Å²) in [6.45, 7) is 0. The van der Waals surface area contributed by atoms with E-state index in [0.717, 1.165) is 66.0 Å². The number of hydrogen-bond donors (Lipinski definition) is 0. The lowest BCUT2D eigenvalue weighted by molar-refractivity contribution is 0.669. The largest absolute Gasteiger partial charge is 0.455 e. The van der Waals surface area contributed by atoms with Crippen molar-refractivity contribution in [3.8, 4) is 39.9 Å². The zero-order valence-corrected chi connectivity index (χ0v) is 23.6. The lowest BCUT2D eigenvalue weighted by atomic mass is 9.99. The van der Waals surface area contributed by atoms with Crippen LogP contribution >= 0.6 is 0 Å². The van der Waals surface area contributed by atoms with E-state index >= 15 is 0 Å². The van der Waals surface area contributed by atoms with Crippen molar-refractivity contribution in [2.24, 2.45) is 0 Å². The molecule has 0 bridgehead atoms. The highest BCUT2D eigenvalue weighted by Gasteiger charge is 2.21. The topological polar surface area (TPSA) is 56.7 Å². The highest BCUT2D eigenvalue weighted by molar-refractivity contribution is 6.15. The number of para-hydroxylation sites is 3. The molecule has 0 aliphatic heterocycles. The van der Waals surface area contributed by atoms with Crippen LogP contribution in [-0.4, -0.2) is 19.5 Å². The van der Waals surface area contributed by atoms with Crippen molar-refractivity contribution in [2.75, 3.05) is 0 Å². The summed E-state index contributed by atoms with van der Waals surface area (Å²) >= 11 is 0. The Morgan fingerprint density at radius 3 is 1.73 bits per heavy atom. The fourth-order valence-corrected chi connectivity index (χ4v) is 6.32. The first kappa shape index (κ1) is 24.5. The van der Waals surface area contributed by atoms with Gasteiger partial charge in [-0.2, -0.15) is 9.97 Å². The molecule has 3 aromatic heterocycles. The smallest absolute Gasteiger partial charge is 0.238 e. The van der Waals surface area contributed by atoms with Crippen LogP contribution in [0.2, 0.25) is 0 Å². The molecule has 0 amide bonds. The molecular formula is C39H24N4O. The summed E-state index contributed by atoms with van der Waals surface area (Å²) in [6.07, 6.45) is 0. The Morgan fingerprint density at radius 1 is 0.432 bits per heavy atom. The molecule has 206 valence electrons. The maximum atomic E-state index is 6.61. The molecule has 0 fully saturated rings. The van der Waals surface area contributed by atoms with Crippen molar-refractivity contribution in [1.82, 2.24) is 19.5 Å². The number of hydrogen-bond acceptors (Lipinski definition) is 4. The molecule has 0 saturated carbocycles. The van der Waals surface area contributed by atoms with Gasteiger partial charge in [0.1, 0.15) is 11.2 Å². The molecule has 5 heteroatoms. The first-order chi connectivity index (χ1) is 21.8. The lowest BCUT2D eigenvalue weighted by Gasteiger charge is -2.11. The summed E-state index contributed by atoms with van der Waals surface area (Å²) in [4.78, 5) is 15.3. The van der Waals surface area contributed by atoms with E-state index < -0.39 is 0 Å². The van der Waals surface area contributed by atoms with Crippen LogP contribution in [0.15, 0.2) is 150 Å². The molecule has 9 rings (SSSR count). The van der Waals surface area contributed by atoms with Crippen LogP contribution < -0.4 is 0 Å². The molecule has 5 nitrogen and oxygen atoms in total. The van der Waals surface area contributed by atoms with Crippen LogP contribution in [-0.2, 0) is 0 Å². The third kappa shape index (κ3) is 3.76. The number of fused-ring (bicyclic) bond motifs is 6. The molecule has 9 aromatic rings. The summed E-state index contributed by atoms with van der Waals surface area (Å²) < 4.78 is 8.74. The van der Waals surface area contributed by atoms with Crippen LogP contribution in [0, 0.1) is 0 Å². The number of benzene rings is 6. The van der Waals surface area contributed by atoms with Gasteiger partial charge < -0.3 is 4.42 Å². The monoisotopic (exact) mass is 564 g/mol. The van der Waals surface area contributed by atoms with E-state index in [1.54, 1.807) is 0 Å². The van der Waals surface area contributed by atoms with Crippen LogP contribution in [0.5, 0.6) is 0 Å². The average Bonchev–Trinajstić information content (AvgIpc) is 3.65. The third-order valence-electron chi connectivity index (χ3n) is 8.28. The van der Waals surface area contributed by atoms with E-state index in [-0.39, 0.29) is 0 Å². The van der Waals surface area contributed by atoms with Gasteiger partial charge in [0.2, 0.25) is 5.95 Å². The van der Waals surface area contributed by atoms with Crippen molar-refractivity contribution in [3.05, 3.63) is 146 Å². The third-order valence-corrected chi connectivity index (χ3v) is 8.28. The molecule has 0 aliphatic carbocycles. The first-order valence-corrected chi connectivity index (χ1v) is 14.6. The van der Waals surface area contributed by atoms with Gasteiger partial charge in [0.05, 0.1) is 16.6 Å².